The Morgan fingerprint density at radius 1 is 0.936 bits per heavy atom. The summed E-state index contributed by atoms with van der Waals surface area (Å²) >= 11 is 8.12. The molecule has 0 amide bonds. The van der Waals surface area contributed by atoms with Crippen LogP contribution in [0.1, 0.15) is 12.5 Å². The predicted molar refractivity (Wildman–Crippen MR) is 162 cm³/mol. The number of nitrogen functional groups attached to an aromatic ring is 1. The summed E-state index contributed by atoms with van der Waals surface area (Å²) in [5, 5.41) is 11.3. The number of halogens is 1. The van der Waals surface area contributed by atoms with Gasteiger partial charge in [0.25, 0.3) is 5.56 Å². The quantitative estimate of drug-likeness (QED) is 0.126. The van der Waals surface area contributed by atoms with Gasteiger partial charge in [0.15, 0.2) is 41.3 Å². The third-order valence-electron chi connectivity index (χ3n) is 7.91. The molecular weight excluding hydrogens is 709 g/mol. The van der Waals surface area contributed by atoms with E-state index in [1.807, 2.05) is 0 Å². The minimum Gasteiger partial charge on any atom is -0.387 e. The molecule has 3 fully saturated rings. The summed E-state index contributed by atoms with van der Waals surface area (Å²) in [6.45, 7) is -10.1. The Kier molecular flexibility index (Phi) is 7.54. The maximum absolute atomic E-state index is 16.1. The highest BCUT2D eigenvalue weighted by Crippen LogP contribution is 2.60. The lowest BCUT2D eigenvalue weighted by molar-refractivity contribution is -0.0568. The molecule has 2 bridgehead atoms. The van der Waals surface area contributed by atoms with Crippen LogP contribution in [0.5, 0.6) is 0 Å². The van der Waals surface area contributed by atoms with Crippen LogP contribution in [0.25, 0.3) is 28.1 Å². The number of aromatic nitrogens is 9. The molecule has 0 spiro atoms. The van der Waals surface area contributed by atoms with Gasteiger partial charge in [-0.25, -0.2) is 38.4 Å². The van der Waals surface area contributed by atoms with Crippen molar-refractivity contribution in [2.75, 3.05) is 18.9 Å². The third-order valence-corrected chi connectivity index (χ3v) is 11.1. The molecule has 3 aliphatic rings. The summed E-state index contributed by atoms with van der Waals surface area (Å²) in [6, 6.07) is 0. The van der Waals surface area contributed by atoms with E-state index in [0.29, 0.717) is 0 Å². The van der Waals surface area contributed by atoms with E-state index in [4.69, 9.17) is 33.3 Å². The van der Waals surface area contributed by atoms with E-state index < -0.39 is 81.5 Å². The molecule has 10 atom stereocenters. The molecule has 8 rings (SSSR count). The van der Waals surface area contributed by atoms with E-state index in [1.165, 1.54) is 32.4 Å². The molecule has 8 heterocycles. The molecule has 3 aliphatic heterocycles. The van der Waals surface area contributed by atoms with Crippen LogP contribution in [0.2, 0.25) is 0 Å². The molecule has 4 N–H and O–H groups in total. The highest BCUT2D eigenvalue weighted by Gasteiger charge is 2.54. The fourth-order valence-electron chi connectivity index (χ4n) is 5.80. The summed E-state index contributed by atoms with van der Waals surface area (Å²) < 4.78 is 81.4. The summed E-state index contributed by atoms with van der Waals surface area (Å²) in [6.07, 6.45) is -5.51. The zero-order chi connectivity index (χ0) is 32.8. The van der Waals surface area contributed by atoms with E-state index in [2.05, 4.69) is 54.4 Å². The molecule has 0 saturated carbocycles. The van der Waals surface area contributed by atoms with Gasteiger partial charge in [-0.2, -0.15) is 0 Å². The lowest BCUT2D eigenvalue weighted by Crippen LogP contribution is -2.35. The Bertz CT molecular complexity index is 2180. The van der Waals surface area contributed by atoms with Crippen LogP contribution in [-0.2, 0) is 36.7 Å². The molecule has 0 aromatic carbocycles. The third kappa shape index (κ3) is 5.29. The number of imidazole rings is 3. The average Bonchev–Trinajstić information content (AvgIpc) is 3.84. The number of anilines is 1. The summed E-state index contributed by atoms with van der Waals surface area (Å²) in [7, 11) is 0. The molecule has 3 saturated heterocycles. The topological polar surface area (TPSA) is 247 Å². The van der Waals surface area contributed by atoms with Gasteiger partial charge in [0, 0.05) is 12.4 Å². The average molecular weight is 733 g/mol. The first-order valence-electron chi connectivity index (χ1n) is 13.7. The number of hydrogen-bond donors (Lipinski definition) is 5. The van der Waals surface area contributed by atoms with Crippen LogP contribution in [0, 0.1) is 0 Å². The van der Waals surface area contributed by atoms with Gasteiger partial charge in [0.05, 0.1) is 25.9 Å². The second-order valence-electron chi connectivity index (χ2n) is 10.7. The first-order valence-corrected chi connectivity index (χ1v) is 19.1. The Labute approximate surface area is 271 Å². The number of hydrogen-bond acceptors (Lipinski definition) is 16. The lowest BCUT2D eigenvalue weighted by atomic mass is 10.1. The second-order valence-corrected chi connectivity index (χ2v) is 16.5. The van der Waals surface area contributed by atoms with Gasteiger partial charge in [-0.15, -0.1) is 0 Å². The van der Waals surface area contributed by atoms with Crippen LogP contribution in [0.4, 0.5) is 10.2 Å². The number of aliphatic hydroxyl groups excluding tert-OH is 1. The standard InChI is InChI=1S/C22H23FN10O10P2S2/c23-10-14-9(41-20(10)32-6-28-11-16(24)26-5-27-17(11)32)4-39-45(37,47)43-15-13(34)8(3-38-44(36,46)42-14)40-21(15)33-7-29-12-18(35)30-22-25-1-2-31(22)19(12)33/h1-2,5-10,13-15,20-21,34H,3-4H2,(H,36,46)(H,37,47)(H2,24,26,27)(H,25,30,35)/t8-,9-,10-,13-,14-,15-,20-,21-,44-,45+/m1/s1. The molecule has 0 radical (unpaired) electrons. The first-order chi connectivity index (χ1) is 22.4. The maximum Gasteiger partial charge on any atom is 0.386 e. The SMILES string of the molecule is Nc1ncnc2c1ncn2[C@@H]1O[C@@H]2CO[P@](=O)(S)O[C@@H]3[C@H](O)[C@@H](CO[P@@](=O)(S)O[C@H]2[C@H]1F)O[C@H]3n1cnc2c(=O)[nH]c3nccn3c21. The number of nitrogens with zero attached hydrogens (tertiary/aromatic N) is 8. The predicted octanol–water partition coefficient (Wildman–Crippen LogP) is 1.18. The number of thiol groups is 2. The Hall–Kier alpha value is -2.95. The van der Waals surface area contributed by atoms with E-state index in [9.17, 15) is 19.0 Å². The van der Waals surface area contributed by atoms with Gasteiger partial charge in [0.2, 0.25) is 5.78 Å². The maximum atomic E-state index is 16.1. The number of H-pyrrole nitrogens is 1. The number of ether oxygens (including phenoxy) is 2. The largest absolute Gasteiger partial charge is 0.387 e. The summed E-state index contributed by atoms with van der Waals surface area (Å²) in [5.74, 6) is 0.238. The van der Waals surface area contributed by atoms with Gasteiger partial charge >= 0.3 is 13.6 Å². The van der Waals surface area contributed by atoms with Crippen LogP contribution >= 0.6 is 38.1 Å². The molecule has 25 heteroatoms. The Morgan fingerprint density at radius 3 is 2.40 bits per heavy atom. The van der Waals surface area contributed by atoms with E-state index in [0.717, 1.165) is 6.33 Å². The fraction of sp³-hybridized carbons (Fsp3) is 0.455. The monoisotopic (exact) mass is 732 g/mol. The van der Waals surface area contributed by atoms with E-state index >= 15 is 4.39 Å². The number of aliphatic hydroxyl groups is 1. The molecule has 20 nitrogen and oxygen atoms in total. The first kappa shape index (κ1) is 31.3. The normalized spacial score (nSPS) is 36.8. The van der Waals surface area contributed by atoms with Crippen molar-refractivity contribution in [3.8, 4) is 0 Å². The van der Waals surface area contributed by atoms with E-state index in [1.54, 1.807) is 6.20 Å². The van der Waals surface area contributed by atoms with Crippen molar-refractivity contribution in [2.45, 2.75) is 49.1 Å². The zero-order valence-electron chi connectivity index (χ0n) is 23.4. The van der Waals surface area contributed by atoms with Crippen LogP contribution in [0.3, 0.4) is 0 Å². The molecule has 47 heavy (non-hydrogen) atoms. The van der Waals surface area contributed by atoms with Crippen molar-refractivity contribution in [3.05, 3.63) is 41.7 Å². The van der Waals surface area contributed by atoms with Crippen molar-refractivity contribution in [2.24, 2.45) is 0 Å². The number of nitrogens with two attached hydrogens (primary N) is 1. The fourth-order valence-corrected chi connectivity index (χ4v) is 8.74. The van der Waals surface area contributed by atoms with Crippen molar-refractivity contribution in [3.63, 3.8) is 0 Å². The number of aromatic amines is 1. The van der Waals surface area contributed by atoms with Crippen molar-refractivity contribution < 1.29 is 46.2 Å². The smallest absolute Gasteiger partial charge is 0.386 e. The van der Waals surface area contributed by atoms with Crippen LogP contribution in [0.15, 0.2) is 36.2 Å². The van der Waals surface area contributed by atoms with E-state index in [-0.39, 0.29) is 33.9 Å². The molecule has 0 aliphatic carbocycles. The number of rotatable bonds is 2. The molecule has 250 valence electrons. The number of fused-ring (bicyclic) bond motifs is 7. The van der Waals surface area contributed by atoms with Gasteiger partial charge in [-0.05, 0) is 0 Å². The number of nitrogens with one attached hydrogen (secondary N) is 1. The summed E-state index contributed by atoms with van der Waals surface area (Å²) in [5.41, 5.74) is 5.84. The van der Waals surface area contributed by atoms with Crippen LogP contribution < -0.4 is 11.3 Å². The molecular formula is C22H23FN10O10P2S2. The minimum absolute atomic E-state index is 0.000385. The van der Waals surface area contributed by atoms with Gasteiger partial charge in [-0.3, -0.25) is 41.4 Å². The lowest BCUT2D eigenvalue weighted by Gasteiger charge is -2.26. The van der Waals surface area contributed by atoms with Crippen molar-refractivity contribution in [1.29, 1.82) is 0 Å². The van der Waals surface area contributed by atoms with Crippen LogP contribution in [-0.4, -0.2) is 98.5 Å². The van der Waals surface area contributed by atoms with Gasteiger partial charge in [-0.1, -0.05) is 24.5 Å². The highest BCUT2D eigenvalue weighted by atomic mass is 32.7. The van der Waals surface area contributed by atoms with Crippen molar-refractivity contribution in [1.82, 2.24) is 43.4 Å². The zero-order valence-corrected chi connectivity index (χ0v) is 26.9. The van der Waals surface area contributed by atoms with Gasteiger partial charge in [0.1, 0.15) is 42.4 Å². The minimum atomic E-state index is -4.42. The Balaban J connectivity index is 1.13. The Morgan fingerprint density at radius 2 is 1.62 bits per heavy atom. The summed E-state index contributed by atoms with van der Waals surface area (Å²) in [4.78, 5) is 35.6. The number of alkyl halides is 1. The molecule has 5 aromatic heterocycles. The highest BCUT2D eigenvalue weighted by molar-refractivity contribution is 8.44. The molecule has 0 unspecified atom stereocenters. The molecule has 5 aromatic rings. The van der Waals surface area contributed by atoms with Gasteiger partial charge < -0.3 is 20.3 Å². The second kappa shape index (κ2) is 11.3. The van der Waals surface area contributed by atoms with Crippen molar-refractivity contribution >= 4 is 72.0 Å².